The Bertz CT molecular complexity index is 330. The molecule has 0 aliphatic carbocycles. The monoisotopic (exact) mass is 213 g/mol. The Morgan fingerprint density at radius 3 is 2.79 bits per heavy atom. The Morgan fingerprint density at radius 1 is 1.57 bits per heavy atom. The summed E-state index contributed by atoms with van der Waals surface area (Å²) in [5, 5.41) is 8.62. The number of thiol groups is 1. The van der Waals surface area contributed by atoms with Crippen LogP contribution in [0.1, 0.15) is 5.56 Å². The number of para-hydroxylation sites is 1. The van der Waals surface area contributed by atoms with Crippen molar-refractivity contribution in [2.75, 3.05) is 0 Å². The first-order valence-electron chi connectivity index (χ1n) is 4.03. The van der Waals surface area contributed by atoms with E-state index in [1.54, 1.807) is 24.3 Å². The molecule has 0 heterocycles. The molecule has 1 atom stereocenters. The molecule has 14 heavy (non-hydrogen) atoms. The standard InChI is InChI=1S/C9H11NO3S/c10-7(9(11)12)5-6-3-1-2-4-8(6)13-14/h1-4,7,14H,5,10H2,(H,11,12). The van der Waals surface area contributed by atoms with Crippen LogP contribution in [0.15, 0.2) is 24.3 Å². The van der Waals surface area contributed by atoms with Gasteiger partial charge in [-0.05, 0) is 11.6 Å². The van der Waals surface area contributed by atoms with Crippen molar-refractivity contribution in [1.29, 1.82) is 0 Å². The van der Waals surface area contributed by atoms with Gasteiger partial charge in [0.1, 0.15) is 11.8 Å². The largest absolute Gasteiger partial charge is 0.480 e. The lowest BCUT2D eigenvalue weighted by Gasteiger charge is -2.09. The molecule has 1 rings (SSSR count). The van der Waals surface area contributed by atoms with Crippen LogP contribution in [0, 0.1) is 0 Å². The van der Waals surface area contributed by atoms with Crippen LogP contribution in [-0.4, -0.2) is 17.1 Å². The number of carboxylic acid groups (broad SMARTS) is 1. The fourth-order valence-electron chi connectivity index (χ4n) is 1.09. The molecule has 0 bridgehead atoms. The van der Waals surface area contributed by atoms with E-state index in [9.17, 15) is 4.79 Å². The Balaban J connectivity index is 2.80. The molecule has 4 nitrogen and oxygen atoms in total. The molecule has 0 saturated carbocycles. The highest BCUT2D eigenvalue weighted by Crippen LogP contribution is 2.19. The molecule has 3 N–H and O–H groups in total. The first-order chi connectivity index (χ1) is 6.65. The molecule has 1 unspecified atom stereocenters. The fraction of sp³-hybridized carbons (Fsp3) is 0.222. The molecule has 1 aromatic rings. The van der Waals surface area contributed by atoms with E-state index >= 15 is 0 Å². The molecule has 0 amide bonds. The van der Waals surface area contributed by atoms with Gasteiger partial charge in [-0.1, -0.05) is 18.2 Å². The molecule has 0 aliphatic rings. The topological polar surface area (TPSA) is 72.5 Å². The molecule has 0 aromatic heterocycles. The number of benzene rings is 1. The van der Waals surface area contributed by atoms with Crippen LogP contribution in [0.2, 0.25) is 0 Å². The lowest BCUT2D eigenvalue weighted by Crippen LogP contribution is -2.32. The summed E-state index contributed by atoms with van der Waals surface area (Å²) in [6, 6.07) is 6.12. The third-order valence-electron chi connectivity index (χ3n) is 1.83. The van der Waals surface area contributed by atoms with Crippen molar-refractivity contribution >= 4 is 18.9 Å². The van der Waals surface area contributed by atoms with Crippen LogP contribution in [0.3, 0.4) is 0 Å². The molecule has 1 aromatic carbocycles. The van der Waals surface area contributed by atoms with E-state index in [0.29, 0.717) is 5.75 Å². The van der Waals surface area contributed by atoms with Gasteiger partial charge in [-0.2, -0.15) is 0 Å². The van der Waals surface area contributed by atoms with Gasteiger partial charge in [-0.3, -0.25) is 4.79 Å². The van der Waals surface area contributed by atoms with E-state index < -0.39 is 12.0 Å². The summed E-state index contributed by atoms with van der Waals surface area (Å²) in [6.07, 6.45) is 0.228. The quantitative estimate of drug-likeness (QED) is 0.512. The fourth-order valence-corrected chi connectivity index (χ4v) is 1.26. The highest BCUT2D eigenvalue weighted by molar-refractivity contribution is 7.75. The summed E-state index contributed by atoms with van der Waals surface area (Å²) >= 11 is 3.67. The molecular weight excluding hydrogens is 202 g/mol. The number of hydrogen-bond donors (Lipinski definition) is 3. The van der Waals surface area contributed by atoms with Crippen LogP contribution in [0.5, 0.6) is 5.75 Å². The van der Waals surface area contributed by atoms with E-state index in [1.165, 1.54) is 0 Å². The third kappa shape index (κ3) is 2.65. The third-order valence-corrected chi connectivity index (χ3v) is 2.02. The normalized spacial score (nSPS) is 12.1. The van der Waals surface area contributed by atoms with Crippen molar-refractivity contribution < 1.29 is 14.1 Å². The summed E-state index contributed by atoms with van der Waals surface area (Å²) in [5.74, 6) is -0.494. The van der Waals surface area contributed by atoms with Gasteiger partial charge in [0, 0.05) is 19.3 Å². The Morgan fingerprint density at radius 2 is 2.21 bits per heavy atom. The van der Waals surface area contributed by atoms with E-state index in [-0.39, 0.29) is 6.42 Å². The lowest BCUT2D eigenvalue weighted by atomic mass is 10.1. The molecule has 0 spiro atoms. The molecular formula is C9H11NO3S. The van der Waals surface area contributed by atoms with Crippen LogP contribution in [0.4, 0.5) is 0 Å². The van der Waals surface area contributed by atoms with Gasteiger partial charge < -0.3 is 15.0 Å². The summed E-state index contributed by atoms with van der Waals surface area (Å²) in [7, 11) is 0. The maximum absolute atomic E-state index is 10.5. The predicted octanol–water partition coefficient (Wildman–Crippen LogP) is 0.865. The summed E-state index contributed by atoms with van der Waals surface area (Å²) < 4.78 is 4.77. The SMILES string of the molecule is NC(Cc1ccccc1OS)C(=O)O. The molecule has 0 fully saturated rings. The van der Waals surface area contributed by atoms with Crippen molar-refractivity contribution in [3.8, 4) is 5.75 Å². The van der Waals surface area contributed by atoms with E-state index in [2.05, 4.69) is 12.9 Å². The number of hydrogen-bond acceptors (Lipinski definition) is 4. The second-order valence-electron chi connectivity index (χ2n) is 2.85. The van der Waals surface area contributed by atoms with Gasteiger partial charge in [0.25, 0.3) is 0 Å². The van der Waals surface area contributed by atoms with Crippen LogP contribution < -0.4 is 9.92 Å². The minimum absolute atomic E-state index is 0.228. The van der Waals surface area contributed by atoms with Gasteiger partial charge in [-0.25, -0.2) is 0 Å². The van der Waals surface area contributed by atoms with Gasteiger partial charge >= 0.3 is 5.97 Å². The molecule has 0 radical (unpaired) electrons. The summed E-state index contributed by atoms with van der Waals surface area (Å²) in [6.45, 7) is 0. The molecule has 0 aliphatic heterocycles. The first kappa shape index (κ1) is 10.9. The lowest BCUT2D eigenvalue weighted by molar-refractivity contribution is -0.138. The zero-order valence-electron chi connectivity index (χ0n) is 7.38. The first-order valence-corrected chi connectivity index (χ1v) is 4.39. The van der Waals surface area contributed by atoms with E-state index in [1.807, 2.05) is 0 Å². The average molecular weight is 213 g/mol. The van der Waals surface area contributed by atoms with Crippen LogP contribution in [-0.2, 0) is 11.2 Å². The Labute approximate surface area is 87.3 Å². The van der Waals surface area contributed by atoms with Gasteiger partial charge in [-0.15, -0.1) is 0 Å². The summed E-state index contributed by atoms with van der Waals surface area (Å²) in [5.41, 5.74) is 6.13. The number of rotatable bonds is 4. The zero-order chi connectivity index (χ0) is 10.6. The minimum atomic E-state index is -1.03. The number of nitrogens with two attached hydrogens (primary N) is 1. The van der Waals surface area contributed by atoms with Crippen LogP contribution in [0.25, 0.3) is 0 Å². The number of aliphatic carboxylic acids is 1. The van der Waals surface area contributed by atoms with Crippen molar-refractivity contribution in [3.63, 3.8) is 0 Å². The Hall–Kier alpha value is -1.20. The van der Waals surface area contributed by atoms with Gasteiger partial charge in [0.15, 0.2) is 0 Å². The van der Waals surface area contributed by atoms with Gasteiger partial charge in [0.05, 0.1) is 0 Å². The average Bonchev–Trinajstić information content (AvgIpc) is 2.18. The number of carbonyl (C=O) groups is 1. The number of carboxylic acids is 1. The highest BCUT2D eigenvalue weighted by Gasteiger charge is 2.14. The van der Waals surface area contributed by atoms with E-state index in [0.717, 1.165) is 5.56 Å². The molecule has 5 heteroatoms. The zero-order valence-corrected chi connectivity index (χ0v) is 8.28. The molecule has 0 saturated heterocycles. The van der Waals surface area contributed by atoms with Gasteiger partial charge in [0.2, 0.25) is 0 Å². The van der Waals surface area contributed by atoms with E-state index in [4.69, 9.17) is 15.0 Å². The maximum atomic E-state index is 10.5. The Kier molecular flexibility index (Phi) is 3.79. The predicted molar refractivity (Wildman–Crippen MR) is 55.4 cm³/mol. The van der Waals surface area contributed by atoms with Crippen molar-refractivity contribution in [3.05, 3.63) is 29.8 Å². The summed E-state index contributed by atoms with van der Waals surface area (Å²) in [4.78, 5) is 10.5. The van der Waals surface area contributed by atoms with Crippen molar-refractivity contribution in [2.24, 2.45) is 5.73 Å². The second-order valence-corrected chi connectivity index (χ2v) is 3.03. The minimum Gasteiger partial charge on any atom is -0.480 e. The maximum Gasteiger partial charge on any atom is 0.320 e. The molecule has 76 valence electrons. The van der Waals surface area contributed by atoms with Crippen molar-refractivity contribution in [1.82, 2.24) is 0 Å². The highest BCUT2D eigenvalue weighted by atomic mass is 32.1. The van der Waals surface area contributed by atoms with Crippen LogP contribution >= 0.6 is 12.9 Å². The second kappa shape index (κ2) is 4.88. The smallest absolute Gasteiger partial charge is 0.320 e. The van der Waals surface area contributed by atoms with Crippen molar-refractivity contribution in [2.45, 2.75) is 12.5 Å².